The Bertz CT molecular complexity index is 406. The second kappa shape index (κ2) is 5.56. The van der Waals surface area contributed by atoms with E-state index in [-0.39, 0.29) is 24.1 Å². The largest absolute Gasteiger partial charge is 0.467 e. The van der Waals surface area contributed by atoms with Crippen molar-refractivity contribution in [2.24, 2.45) is 11.3 Å². The van der Waals surface area contributed by atoms with Crippen molar-refractivity contribution >= 4 is 5.95 Å². The van der Waals surface area contributed by atoms with Crippen LogP contribution in [0.5, 0.6) is 12.0 Å². The molecule has 0 atom stereocenters. The van der Waals surface area contributed by atoms with Crippen molar-refractivity contribution in [2.45, 2.75) is 45.6 Å². The lowest BCUT2D eigenvalue weighted by Crippen LogP contribution is -2.29. The van der Waals surface area contributed by atoms with Gasteiger partial charge in [0.2, 0.25) is 5.95 Å². The Morgan fingerprint density at radius 2 is 1.79 bits per heavy atom. The maximum absolute atomic E-state index is 5.80. The Morgan fingerprint density at radius 3 is 2.37 bits per heavy atom. The summed E-state index contributed by atoms with van der Waals surface area (Å²) in [6.07, 6.45) is 4.44. The summed E-state index contributed by atoms with van der Waals surface area (Å²) in [6.45, 7) is 4.57. The molecule has 19 heavy (non-hydrogen) atoms. The molecule has 7 nitrogen and oxygen atoms in total. The van der Waals surface area contributed by atoms with E-state index in [2.05, 4.69) is 34.2 Å². The Kier molecular flexibility index (Phi) is 4.04. The van der Waals surface area contributed by atoms with Gasteiger partial charge in [0.15, 0.2) is 0 Å². The van der Waals surface area contributed by atoms with Crippen LogP contribution >= 0.6 is 0 Å². The predicted molar refractivity (Wildman–Crippen MR) is 70.9 cm³/mol. The highest BCUT2D eigenvalue weighted by Gasteiger charge is 2.28. The standard InChI is InChI=1S/C12H21N5O2/c1-12(2)6-4-8(5-7-12)19-11-15-9(17-13)14-10(16-11)18-3/h8H,4-7,13H2,1-3H3,(H,14,15,16,17). The fraction of sp³-hybridized carbons (Fsp3) is 0.750. The third-order valence-corrected chi connectivity index (χ3v) is 3.46. The van der Waals surface area contributed by atoms with Gasteiger partial charge in [0.05, 0.1) is 7.11 Å². The van der Waals surface area contributed by atoms with Crippen molar-refractivity contribution in [1.82, 2.24) is 15.0 Å². The van der Waals surface area contributed by atoms with Gasteiger partial charge in [0.25, 0.3) is 0 Å². The number of aromatic nitrogens is 3. The minimum absolute atomic E-state index is 0.144. The van der Waals surface area contributed by atoms with Crippen molar-refractivity contribution < 1.29 is 9.47 Å². The zero-order valence-electron chi connectivity index (χ0n) is 11.6. The van der Waals surface area contributed by atoms with Crippen molar-refractivity contribution in [2.75, 3.05) is 12.5 Å². The fourth-order valence-corrected chi connectivity index (χ4v) is 2.19. The average molecular weight is 267 g/mol. The van der Waals surface area contributed by atoms with E-state index in [0.29, 0.717) is 5.41 Å². The number of hydrogen-bond donors (Lipinski definition) is 2. The molecule has 1 aromatic heterocycles. The molecule has 0 radical (unpaired) electrons. The van der Waals surface area contributed by atoms with Crippen LogP contribution in [0.3, 0.4) is 0 Å². The lowest BCUT2D eigenvalue weighted by atomic mass is 9.76. The SMILES string of the molecule is COc1nc(NN)nc(OC2CCC(C)(C)CC2)n1. The quantitative estimate of drug-likeness (QED) is 0.630. The maximum Gasteiger partial charge on any atom is 0.324 e. The van der Waals surface area contributed by atoms with Gasteiger partial charge in [-0.15, -0.1) is 4.98 Å². The molecule has 1 saturated carbocycles. The lowest BCUT2D eigenvalue weighted by Gasteiger charge is -2.33. The smallest absolute Gasteiger partial charge is 0.324 e. The molecule has 1 heterocycles. The predicted octanol–water partition coefficient (Wildman–Crippen LogP) is 1.51. The van der Waals surface area contributed by atoms with Gasteiger partial charge in [-0.3, -0.25) is 5.43 Å². The van der Waals surface area contributed by atoms with E-state index in [1.807, 2.05) is 0 Å². The summed E-state index contributed by atoms with van der Waals surface area (Å²) in [4.78, 5) is 12.1. The van der Waals surface area contributed by atoms with E-state index >= 15 is 0 Å². The molecule has 1 fully saturated rings. The van der Waals surface area contributed by atoms with E-state index in [4.69, 9.17) is 15.3 Å². The number of nitrogens with zero attached hydrogens (tertiary/aromatic N) is 3. The number of nitrogens with two attached hydrogens (primary N) is 1. The van der Waals surface area contributed by atoms with Crippen LogP contribution in [0.25, 0.3) is 0 Å². The van der Waals surface area contributed by atoms with Crippen LogP contribution in [0.1, 0.15) is 39.5 Å². The second-order valence-electron chi connectivity index (χ2n) is 5.55. The third kappa shape index (κ3) is 3.66. The topological polar surface area (TPSA) is 95.2 Å². The van der Waals surface area contributed by atoms with Gasteiger partial charge in [-0.25, -0.2) is 5.84 Å². The maximum atomic E-state index is 5.80. The Balaban J connectivity index is 2.03. The van der Waals surface area contributed by atoms with Crippen molar-refractivity contribution in [3.63, 3.8) is 0 Å². The summed E-state index contributed by atoms with van der Waals surface area (Å²) in [5.74, 6) is 5.53. The molecule has 0 aliphatic heterocycles. The first-order valence-corrected chi connectivity index (χ1v) is 6.46. The number of methoxy groups -OCH3 is 1. The minimum atomic E-state index is 0.144. The van der Waals surface area contributed by atoms with Gasteiger partial charge in [-0.2, -0.15) is 9.97 Å². The van der Waals surface area contributed by atoms with Crippen LogP contribution in [0, 0.1) is 5.41 Å². The molecule has 0 unspecified atom stereocenters. The van der Waals surface area contributed by atoms with Gasteiger partial charge in [0.1, 0.15) is 6.10 Å². The highest BCUT2D eigenvalue weighted by Crippen LogP contribution is 2.36. The second-order valence-corrected chi connectivity index (χ2v) is 5.55. The number of nitrogen functional groups attached to an aromatic ring is 1. The summed E-state index contributed by atoms with van der Waals surface area (Å²) in [5, 5.41) is 0. The Labute approximate surface area is 112 Å². The van der Waals surface area contributed by atoms with E-state index < -0.39 is 0 Å². The summed E-state index contributed by atoms with van der Waals surface area (Å²) in [6, 6.07) is 0.443. The summed E-state index contributed by atoms with van der Waals surface area (Å²) in [7, 11) is 1.49. The highest BCUT2D eigenvalue weighted by molar-refractivity contribution is 5.25. The molecule has 0 spiro atoms. The number of hydrogen-bond acceptors (Lipinski definition) is 7. The van der Waals surface area contributed by atoms with Gasteiger partial charge in [-0.1, -0.05) is 13.8 Å². The van der Waals surface area contributed by atoms with Gasteiger partial charge >= 0.3 is 12.0 Å². The molecule has 1 aliphatic carbocycles. The number of hydrazine groups is 1. The lowest BCUT2D eigenvalue weighted by molar-refractivity contribution is 0.0897. The van der Waals surface area contributed by atoms with E-state index in [1.54, 1.807) is 0 Å². The normalized spacial score (nSPS) is 18.9. The molecule has 0 saturated heterocycles. The number of nitrogens with one attached hydrogen (secondary N) is 1. The zero-order chi connectivity index (χ0) is 13.9. The monoisotopic (exact) mass is 267 g/mol. The van der Waals surface area contributed by atoms with E-state index in [9.17, 15) is 0 Å². The Morgan fingerprint density at radius 1 is 1.16 bits per heavy atom. The van der Waals surface area contributed by atoms with Crippen LogP contribution in [-0.2, 0) is 0 Å². The summed E-state index contributed by atoms with van der Waals surface area (Å²) in [5.41, 5.74) is 2.77. The molecule has 1 aromatic rings. The van der Waals surface area contributed by atoms with E-state index in [0.717, 1.165) is 25.7 Å². The summed E-state index contributed by atoms with van der Waals surface area (Å²) < 4.78 is 10.8. The van der Waals surface area contributed by atoms with Crippen molar-refractivity contribution in [3.8, 4) is 12.0 Å². The van der Waals surface area contributed by atoms with Gasteiger partial charge < -0.3 is 9.47 Å². The molecule has 3 N–H and O–H groups in total. The molecule has 0 bridgehead atoms. The number of anilines is 1. The van der Waals surface area contributed by atoms with E-state index in [1.165, 1.54) is 7.11 Å². The first-order chi connectivity index (χ1) is 9.02. The third-order valence-electron chi connectivity index (χ3n) is 3.46. The first-order valence-electron chi connectivity index (χ1n) is 6.46. The van der Waals surface area contributed by atoms with Gasteiger partial charge in [-0.05, 0) is 31.1 Å². The molecule has 106 valence electrons. The van der Waals surface area contributed by atoms with Crippen molar-refractivity contribution in [3.05, 3.63) is 0 Å². The number of ether oxygens (including phenoxy) is 2. The molecule has 0 amide bonds. The fourth-order valence-electron chi connectivity index (χ4n) is 2.19. The molecule has 0 aromatic carbocycles. The molecular formula is C12H21N5O2. The Hall–Kier alpha value is -1.63. The average Bonchev–Trinajstić information content (AvgIpc) is 2.40. The van der Waals surface area contributed by atoms with Crippen LogP contribution in [-0.4, -0.2) is 28.2 Å². The number of rotatable bonds is 4. The van der Waals surface area contributed by atoms with Crippen LogP contribution < -0.4 is 20.7 Å². The first kappa shape index (κ1) is 13.8. The molecular weight excluding hydrogens is 246 g/mol. The van der Waals surface area contributed by atoms with Gasteiger partial charge in [0, 0.05) is 0 Å². The highest BCUT2D eigenvalue weighted by atomic mass is 16.5. The molecule has 1 aliphatic rings. The molecule has 2 rings (SSSR count). The molecule has 7 heteroatoms. The minimum Gasteiger partial charge on any atom is -0.467 e. The van der Waals surface area contributed by atoms with Crippen molar-refractivity contribution in [1.29, 1.82) is 0 Å². The van der Waals surface area contributed by atoms with Crippen LogP contribution in [0.2, 0.25) is 0 Å². The van der Waals surface area contributed by atoms with Crippen LogP contribution in [0.15, 0.2) is 0 Å². The summed E-state index contributed by atoms with van der Waals surface area (Å²) >= 11 is 0. The van der Waals surface area contributed by atoms with Crippen LogP contribution in [0.4, 0.5) is 5.95 Å². The zero-order valence-corrected chi connectivity index (χ0v) is 11.6.